The van der Waals surface area contributed by atoms with E-state index in [0.29, 0.717) is 0 Å². The second kappa shape index (κ2) is 6.64. The highest BCUT2D eigenvalue weighted by Gasteiger charge is 2.11. The van der Waals surface area contributed by atoms with E-state index in [1.54, 1.807) is 0 Å². The summed E-state index contributed by atoms with van der Waals surface area (Å²) < 4.78 is 4.83. The SMILES string of the molecule is CC[C@H](C)NC(=O)COC(=O)c1cccc(O)c1. The minimum atomic E-state index is -0.634. The Morgan fingerprint density at radius 2 is 2.17 bits per heavy atom. The first-order valence-corrected chi connectivity index (χ1v) is 5.78. The predicted octanol–water partition coefficient (Wildman–Crippen LogP) is 1.46. The molecule has 0 unspecified atom stereocenters. The van der Waals surface area contributed by atoms with Crippen molar-refractivity contribution in [2.45, 2.75) is 26.3 Å². The number of amides is 1. The highest BCUT2D eigenvalue weighted by molar-refractivity contribution is 5.91. The molecular weight excluding hydrogens is 234 g/mol. The molecular formula is C13H17NO4. The lowest BCUT2D eigenvalue weighted by Gasteiger charge is -2.11. The molecule has 1 atom stereocenters. The molecule has 1 rings (SSSR count). The molecule has 1 aromatic carbocycles. The van der Waals surface area contributed by atoms with Gasteiger partial charge in [-0.25, -0.2) is 4.79 Å². The van der Waals surface area contributed by atoms with Crippen molar-refractivity contribution in [2.24, 2.45) is 0 Å². The Balaban J connectivity index is 2.44. The molecule has 2 N–H and O–H groups in total. The Bertz CT molecular complexity index is 431. The second-order valence-electron chi connectivity index (χ2n) is 4.00. The monoisotopic (exact) mass is 251 g/mol. The lowest BCUT2D eigenvalue weighted by molar-refractivity contribution is -0.124. The average molecular weight is 251 g/mol. The number of rotatable bonds is 5. The van der Waals surface area contributed by atoms with Crippen LogP contribution in [-0.4, -0.2) is 29.6 Å². The van der Waals surface area contributed by atoms with Gasteiger partial charge in [0.15, 0.2) is 6.61 Å². The van der Waals surface area contributed by atoms with Crippen LogP contribution in [-0.2, 0) is 9.53 Å². The number of ether oxygens (including phenoxy) is 1. The highest BCUT2D eigenvalue weighted by Crippen LogP contribution is 2.11. The Morgan fingerprint density at radius 3 is 2.78 bits per heavy atom. The van der Waals surface area contributed by atoms with Crippen molar-refractivity contribution in [3.63, 3.8) is 0 Å². The third-order valence-corrected chi connectivity index (χ3v) is 2.44. The summed E-state index contributed by atoms with van der Waals surface area (Å²) in [6, 6.07) is 5.83. The first kappa shape index (κ1) is 14.0. The molecule has 0 spiro atoms. The Labute approximate surface area is 106 Å². The molecule has 1 amide bonds. The minimum absolute atomic E-state index is 0.0199. The van der Waals surface area contributed by atoms with Crippen molar-refractivity contribution in [3.05, 3.63) is 29.8 Å². The molecule has 0 bridgehead atoms. The van der Waals surface area contributed by atoms with Gasteiger partial charge in [-0.15, -0.1) is 0 Å². The zero-order chi connectivity index (χ0) is 13.5. The molecule has 18 heavy (non-hydrogen) atoms. The first-order valence-electron chi connectivity index (χ1n) is 5.78. The topological polar surface area (TPSA) is 75.6 Å². The summed E-state index contributed by atoms with van der Waals surface area (Å²) in [5.41, 5.74) is 0.214. The molecule has 0 aliphatic heterocycles. The lowest BCUT2D eigenvalue weighted by Crippen LogP contribution is -2.35. The molecule has 5 heteroatoms. The zero-order valence-electron chi connectivity index (χ0n) is 10.5. The number of hydrogen-bond acceptors (Lipinski definition) is 4. The van der Waals surface area contributed by atoms with E-state index in [-0.39, 0.29) is 29.9 Å². The smallest absolute Gasteiger partial charge is 0.338 e. The highest BCUT2D eigenvalue weighted by atomic mass is 16.5. The fourth-order valence-electron chi connectivity index (χ4n) is 1.27. The standard InChI is InChI=1S/C13H17NO4/c1-3-9(2)14-12(16)8-18-13(17)10-5-4-6-11(15)7-10/h4-7,9,15H,3,8H2,1-2H3,(H,14,16)/t9-/m0/s1. The van der Waals surface area contributed by atoms with Crippen molar-refractivity contribution in [3.8, 4) is 5.75 Å². The maximum Gasteiger partial charge on any atom is 0.338 e. The quantitative estimate of drug-likeness (QED) is 0.777. The summed E-state index contributed by atoms with van der Waals surface area (Å²) in [6.45, 7) is 3.50. The molecule has 5 nitrogen and oxygen atoms in total. The number of benzene rings is 1. The third kappa shape index (κ3) is 4.45. The van der Waals surface area contributed by atoms with Gasteiger partial charge in [0.1, 0.15) is 5.75 Å². The van der Waals surface area contributed by atoms with Crippen LogP contribution in [0.15, 0.2) is 24.3 Å². The van der Waals surface area contributed by atoms with Crippen LogP contribution in [0.4, 0.5) is 0 Å². The number of hydrogen-bond donors (Lipinski definition) is 2. The molecule has 0 heterocycles. The van der Waals surface area contributed by atoms with E-state index in [0.717, 1.165) is 6.42 Å². The van der Waals surface area contributed by atoms with Crippen LogP contribution in [0, 0.1) is 0 Å². The van der Waals surface area contributed by atoms with Gasteiger partial charge in [0.25, 0.3) is 5.91 Å². The summed E-state index contributed by atoms with van der Waals surface area (Å²) in [5, 5.41) is 11.9. The molecule has 0 saturated heterocycles. The van der Waals surface area contributed by atoms with Gasteiger partial charge in [-0.05, 0) is 31.5 Å². The van der Waals surface area contributed by atoms with Gasteiger partial charge < -0.3 is 15.2 Å². The molecule has 0 aromatic heterocycles. The number of aromatic hydroxyl groups is 1. The van der Waals surface area contributed by atoms with E-state index in [1.165, 1.54) is 24.3 Å². The number of phenols is 1. The maximum absolute atomic E-state index is 11.5. The van der Waals surface area contributed by atoms with Crippen molar-refractivity contribution < 1.29 is 19.4 Å². The van der Waals surface area contributed by atoms with Crippen LogP contribution < -0.4 is 5.32 Å². The van der Waals surface area contributed by atoms with Crippen molar-refractivity contribution >= 4 is 11.9 Å². The van der Waals surface area contributed by atoms with Crippen molar-refractivity contribution in [1.29, 1.82) is 0 Å². The van der Waals surface area contributed by atoms with Gasteiger partial charge in [-0.2, -0.15) is 0 Å². The van der Waals surface area contributed by atoms with E-state index in [2.05, 4.69) is 5.32 Å². The normalized spacial score (nSPS) is 11.7. The van der Waals surface area contributed by atoms with Gasteiger partial charge >= 0.3 is 5.97 Å². The molecule has 0 fully saturated rings. The number of carbonyl (C=O) groups is 2. The van der Waals surface area contributed by atoms with Crippen LogP contribution in [0.1, 0.15) is 30.6 Å². The van der Waals surface area contributed by atoms with E-state index >= 15 is 0 Å². The summed E-state index contributed by atoms with van der Waals surface area (Å²) in [5.74, 6) is -0.989. The number of nitrogens with one attached hydrogen (secondary N) is 1. The summed E-state index contributed by atoms with van der Waals surface area (Å²) in [4.78, 5) is 22.9. The van der Waals surface area contributed by atoms with Gasteiger partial charge in [-0.3, -0.25) is 4.79 Å². The molecule has 0 radical (unpaired) electrons. The second-order valence-corrected chi connectivity index (χ2v) is 4.00. The van der Waals surface area contributed by atoms with Crippen LogP contribution in [0.25, 0.3) is 0 Å². The van der Waals surface area contributed by atoms with Crippen LogP contribution in [0.5, 0.6) is 5.75 Å². The Hall–Kier alpha value is -2.04. The van der Waals surface area contributed by atoms with Gasteiger partial charge in [-0.1, -0.05) is 13.0 Å². The number of phenolic OH excluding ortho intramolecular Hbond substituents is 1. The van der Waals surface area contributed by atoms with E-state index in [4.69, 9.17) is 4.74 Å². The van der Waals surface area contributed by atoms with E-state index in [1.807, 2.05) is 13.8 Å². The summed E-state index contributed by atoms with van der Waals surface area (Å²) in [7, 11) is 0. The zero-order valence-corrected chi connectivity index (χ0v) is 10.5. The largest absolute Gasteiger partial charge is 0.508 e. The molecule has 0 aliphatic rings. The molecule has 1 aromatic rings. The Kier molecular flexibility index (Phi) is 5.17. The van der Waals surface area contributed by atoms with Crippen LogP contribution >= 0.6 is 0 Å². The van der Waals surface area contributed by atoms with Gasteiger partial charge in [0, 0.05) is 6.04 Å². The minimum Gasteiger partial charge on any atom is -0.508 e. The summed E-state index contributed by atoms with van der Waals surface area (Å²) >= 11 is 0. The van der Waals surface area contributed by atoms with Crippen LogP contribution in [0.3, 0.4) is 0 Å². The molecule has 0 saturated carbocycles. The average Bonchev–Trinajstić information content (AvgIpc) is 2.35. The van der Waals surface area contributed by atoms with Crippen LogP contribution in [0.2, 0.25) is 0 Å². The van der Waals surface area contributed by atoms with Gasteiger partial charge in [0.2, 0.25) is 0 Å². The fraction of sp³-hybridized carbons (Fsp3) is 0.385. The first-order chi connectivity index (χ1) is 8.52. The van der Waals surface area contributed by atoms with E-state index < -0.39 is 5.97 Å². The van der Waals surface area contributed by atoms with E-state index in [9.17, 15) is 14.7 Å². The Morgan fingerprint density at radius 1 is 1.44 bits per heavy atom. The number of carbonyl (C=O) groups excluding carboxylic acids is 2. The van der Waals surface area contributed by atoms with Crippen molar-refractivity contribution in [1.82, 2.24) is 5.32 Å². The molecule has 0 aliphatic carbocycles. The fourth-order valence-corrected chi connectivity index (χ4v) is 1.27. The van der Waals surface area contributed by atoms with Crippen molar-refractivity contribution in [2.75, 3.05) is 6.61 Å². The third-order valence-electron chi connectivity index (χ3n) is 2.44. The lowest BCUT2D eigenvalue weighted by atomic mass is 10.2. The molecule has 98 valence electrons. The summed E-state index contributed by atoms with van der Waals surface area (Å²) in [6.07, 6.45) is 0.812. The van der Waals surface area contributed by atoms with Gasteiger partial charge in [0.05, 0.1) is 5.56 Å². The predicted molar refractivity (Wildman–Crippen MR) is 66.3 cm³/mol. The number of esters is 1. The maximum atomic E-state index is 11.5.